The van der Waals surface area contributed by atoms with Crippen LogP contribution in [0.25, 0.3) is 16.7 Å². The van der Waals surface area contributed by atoms with Crippen molar-refractivity contribution in [1.82, 2.24) is 19.7 Å². The van der Waals surface area contributed by atoms with Crippen molar-refractivity contribution in [2.24, 2.45) is 0 Å². The summed E-state index contributed by atoms with van der Waals surface area (Å²) in [6, 6.07) is 13.9. The van der Waals surface area contributed by atoms with Gasteiger partial charge in [-0.15, -0.1) is 0 Å². The van der Waals surface area contributed by atoms with E-state index >= 15 is 0 Å². The minimum absolute atomic E-state index is 0.122. The number of fused-ring (bicyclic) bond motifs is 2. The van der Waals surface area contributed by atoms with Crippen molar-refractivity contribution < 1.29 is 4.74 Å². The molecule has 0 aliphatic carbocycles. The lowest BCUT2D eigenvalue weighted by Gasteiger charge is -2.27. The zero-order chi connectivity index (χ0) is 19.1. The Morgan fingerprint density at radius 3 is 3.00 bits per heavy atom. The van der Waals surface area contributed by atoms with Crippen LogP contribution in [-0.4, -0.2) is 26.4 Å². The Bertz CT molecular complexity index is 1170. The van der Waals surface area contributed by atoms with E-state index in [1.807, 2.05) is 30.3 Å². The summed E-state index contributed by atoms with van der Waals surface area (Å²) in [6.45, 7) is 2.76. The van der Waals surface area contributed by atoms with Gasteiger partial charge in [0.25, 0.3) is 0 Å². The quantitative estimate of drug-likeness (QED) is 0.547. The average Bonchev–Trinajstić information content (AvgIpc) is 3.14. The number of halogens is 1. The summed E-state index contributed by atoms with van der Waals surface area (Å²) in [5, 5.41) is 9.60. The van der Waals surface area contributed by atoms with Crippen molar-refractivity contribution in [3.8, 4) is 11.4 Å². The second-order valence-corrected chi connectivity index (χ2v) is 7.31. The van der Waals surface area contributed by atoms with Crippen LogP contribution in [0.1, 0.15) is 23.6 Å². The van der Waals surface area contributed by atoms with Crippen LogP contribution in [0.3, 0.4) is 0 Å². The fourth-order valence-electron chi connectivity index (χ4n) is 3.58. The Kier molecular flexibility index (Phi) is 4.13. The molecule has 1 N–H and O–H groups in total. The van der Waals surface area contributed by atoms with Crippen LogP contribution in [0.2, 0.25) is 5.02 Å². The highest BCUT2D eigenvalue weighted by Crippen LogP contribution is 2.35. The first-order valence-corrected chi connectivity index (χ1v) is 9.51. The van der Waals surface area contributed by atoms with Gasteiger partial charge in [0.15, 0.2) is 5.65 Å². The second-order valence-electron chi connectivity index (χ2n) is 6.87. The Hall–Kier alpha value is -3.12. The van der Waals surface area contributed by atoms with Gasteiger partial charge in [-0.1, -0.05) is 35.4 Å². The molecule has 7 heteroatoms. The lowest BCUT2D eigenvalue weighted by molar-refractivity contribution is 0.274. The number of aryl methyl sites for hydroxylation is 1. The molecule has 0 saturated carbocycles. The molecule has 2 aromatic carbocycles. The highest BCUT2D eigenvalue weighted by Gasteiger charge is 2.23. The van der Waals surface area contributed by atoms with E-state index in [9.17, 15) is 0 Å². The molecule has 1 unspecified atom stereocenters. The van der Waals surface area contributed by atoms with Gasteiger partial charge in [-0.2, -0.15) is 5.10 Å². The predicted molar refractivity (Wildman–Crippen MR) is 109 cm³/mol. The van der Waals surface area contributed by atoms with Crippen LogP contribution >= 0.6 is 11.6 Å². The van der Waals surface area contributed by atoms with Gasteiger partial charge in [-0.25, -0.2) is 14.6 Å². The average molecular weight is 392 g/mol. The van der Waals surface area contributed by atoms with Crippen LogP contribution in [0, 0.1) is 6.92 Å². The normalized spacial score (nSPS) is 15.9. The first-order chi connectivity index (χ1) is 13.7. The van der Waals surface area contributed by atoms with Gasteiger partial charge < -0.3 is 10.1 Å². The van der Waals surface area contributed by atoms with E-state index in [4.69, 9.17) is 16.3 Å². The molecule has 140 valence electrons. The fourth-order valence-corrected chi connectivity index (χ4v) is 3.77. The zero-order valence-corrected chi connectivity index (χ0v) is 16.0. The van der Waals surface area contributed by atoms with E-state index in [2.05, 4.69) is 39.4 Å². The molecule has 2 aromatic heterocycles. The Morgan fingerprint density at radius 1 is 1.18 bits per heavy atom. The van der Waals surface area contributed by atoms with Crippen molar-refractivity contribution in [2.45, 2.75) is 19.4 Å². The van der Waals surface area contributed by atoms with Crippen LogP contribution in [-0.2, 0) is 0 Å². The number of ether oxygens (including phenoxy) is 1. The predicted octanol–water partition coefficient (Wildman–Crippen LogP) is 4.71. The third-order valence-corrected chi connectivity index (χ3v) is 5.17. The van der Waals surface area contributed by atoms with Gasteiger partial charge in [-0.3, -0.25) is 0 Å². The van der Waals surface area contributed by atoms with Crippen LogP contribution < -0.4 is 10.1 Å². The minimum Gasteiger partial charge on any atom is -0.493 e. The number of aromatic nitrogens is 4. The maximum atomic E-state index is 6.14. The number of anilines is 1. The Morgan fingerprint density at radius 2 is 2.11 bits per heavy atom. The minimum atomic E-state index is 0.122. The monoisotopic (exact) mass is 391 g/mol. The first kappa shape index (κ1) is 17.0. The molecule has 0 radical (unpaired) electrons. The van der Waals surface area contributed by atoms with Crippen LogP contribution in [0.15, 0.2) is 55.0 Å². The molecular weight excluding hydrogens is 374 g/mol. The van der Waals surface area contributed by atoms with Crippen molar-refractivity contribution in [3.63, 3.8) is 0 Å². The van der Waals surface area contributed by atoms with E-state index in [-0.39, 0.29) is 6.04 Å². The largest absolute Gasteiger partial charge is 0.493 e. The molecule has 1 atom stereocenters. The van der Waals surface area contributed by atoms with Gasteiger partial charge in [0.2, 0.25) is 0 Å². The van der Waals surface area contributed by atoms with Gasteiger partial charge in [0, 0.05) is 17.0 Å². The molecule has 0 saturated heterocycles. The van der Waals surface area contributed by atoms with Crippen LogP contribution in [0.5, 0.6) is 5.75 Å². The Labute approximate surface area is 167 Å². The summed E-state index contributed by atoms with van der Waals surface area (Å²) in [7, 11) is 0. The molecule has 0 spiro atoms. The lowest BCUT2D eigenvalue weighted by atomic mass is 9.98. The van der Waals surface area contributed by atoms with E-state index in [0.29, 0.717) is 11.6 Å². The summed E-state index contributed by atoms with van der Waals surface area (Å²) in [5.41, 5.74) is 3.95. The lowest BCUT2D eigenvalue weighted by Crippen LogP contribution is -2.21. The SMILES string of the molecule is Cc1ccc2c(c1)C(Nc1ncnc3c1cnn3-c1cccc(Cl)c1)CCO2. The molecule has 0 amide bonds. The van der Waals surface area contributed by atoms with Crippen molar-refractivity contribution in [1.29, 1.82) is 0 Å². The van der Waals surface area contributed by atoms with Crippen molar-refractivity contribution >= 4 is 28.5 Å². The molecule has 4 aromatic rings. The maximum Gasteiger partial charge on any atom is 0.168 e. The molecular formula is C21H18ClN5O. The molecule has 1 aliphatic rings. The number of hydrogen-bond acceptors (Lipinski definition) is 5. The van der Waals surface area contributed by atoms with Gasteiger partial charge in [0.05, 0.1) is 29.9 Å². The summed E-state index contributed by atoms with van der Waals surface area (Å²) in [5.74, 6) is 1.69. The van der Waals surface area contributed by atoms with E-state index < -0.39 is 0 Å². The number of hydrogen-bond donors (Lipinski definition) is 1. The number of rotatable bonds is 3. The zero-order valence-electron chi connectivity index (χ0n) is 15.3. The maximum absolute atomic E-state index is 6.14. The molecule has 5 rings (SSSR count). The second kappa shape index (κ2) is 6.80. The van der Waals surface area contributed by atoms with Crippen molar-refractivity contribution in [3.05, 3.63) is 71.1 Å². The molecule has 1 aliphatic heterocycles. The molecule has 28 heavy (non-hydrogen) atoms. The summed E-state index contributed by atoms with van der Waals surface area (Å²) < 4.78 is 7.58. The smallest absolute Gasteiger partial charge is 0.168 e. The molecule has 0 bridgehead atoms. The molecule has 0 fully saturated rings. The van der Waals surface area contributed by atoms with E-state index in [1.165, 1.54) is 5.56 Å². The standard InChI is InChI=1S/C21H18ClN5O/c1-13-5-6-19-16(9-13)18(7-8-28-19)26-20-17-11-25-27(21(17)24-12-23-20)15-4-2-3-14(22)10-15/h2-6,9-12,18H,7-8H2,1H3,(H,23,24,26). The van der Waals surface area contributed by atoms with E-state index in [1.54, 1.807) is 17.2 Å². The topological polar surface area (TPSA) is 64.9 Å². The van der Waals surface area contributed by atoms with Crippen molar-refractivity contribution in [2.75, 3.05) is 11.9 Å². The number of benzene rings is 2. The molecule has 3 heterocycles. The van der Waals surface area contributed by atoms with Crippen LogP contribution in [0.4, 0.5) is 5.82 Å². The first-order valence-electron chi connectivity index (χ1n) is 9.13. The summed E-state index contributed by atoms with van der Waals surface area (Å²) in [6.07, 6.45) is 4.21. The highest BCUT2D eigenvalue weighted by atomic mass is 35.5. The number of nitrogens with zero attached hydrogens (tertiary/aromatic N) is 4. The third-order valence-electron chi connectivity index (χ3n) is 4.93. The molecule has 6 nitrogen and oxygen atoms in total. The summed E-state index contributed by atoms with van der Waals surface area (Å²) >= 11 is 6.14. The van der Waals surface area contributed by atoms with Gasteiger partial charge >= 0.3 is 0 Å². The number of nitrogens with one attached hydrogen (secondary N) is 1. The van der Waals surface area contributed by atoms with Gasteiger partial charge in [0.1, 0.15) is 17.9 Å². The Balaban J connectivity index is 1.54. The third kappa shape index (κ3) is 2.96. The highest BCUT2D eigenvalue weighted by molar-refractivity contribution is 6.30. The van der Waals surface area contributed by atoms with E-state index in [0.717, 1.165) is 40.3 Å². The van der Waals surface area contributed by atoms with Gasteiger partial charge in [-0.05, 0) is 31.2 Å². The summed E-state index contributed by atoms with van der Waals surface area (Å²) in [4.78, 5) is 8.92. The fraction of sp³-hybridized carbons (Fsp3) is 0.190.